The summed E-state index contributed by atoms with van der Waals surface area (Å²) in [5.41, 5.74) is 1.56. The Morgan fingerprint density at radius 1 is 1.07 bits per heavy atom. The van der Waals surface area contributed by atoms with Crippen molar-refractivity contribution in [2.45, 2.75) is 45.3 Å². The van der Waals surface area contributed by atoms with Crippen LogP contribution in [0.1, 0.15) is 54.3 Å². The molecule has 148 valence electrons. The lowest BCUT2D eigenvalue weighted by atomic mass is 10.0. The van der Waals surface area contributed by atoms with Crippen LogP contribution >= 0.6 is 0 Å². The summed E-state index contributed by atoms with van der Waals surface area (Å²) < 4.78 is 5.34. The van der Waals surface area contributed by atoms with Gasteiger partial charge in [-0.2, -0.15) is 0 Å². The Labute approximate surface area is 165 Å². The molecule has 1 aromatic carbocycles. The van der Waals surface area contributed by atoms with Gasteiger partial charge in [0.25, 0.3) is 5.91 Å². The van der Waals surface area contributed by atoms with Gasteiger partial charge in [-0.05, 0) is 70.0 Å². The normalized spacial score (nSPS) is 15.2. The summed E-state index contributed by atoms with van der Waals surface area (Å²) in [5.74, 6) is -0.502. The highest BCUT2D eigenvalue weighted by atomic mass is 16.6. The summed E-state index contributed by atoms with van der Waals surface area (Å²) >= 11 is 0. The smallest absolute Gasteiger partial charge is 0.338 e. The summed E-state index contributed by atoms with van der Waals surface area (Å²) in [4.78, 5) is 31.0. The van der Waals surface area contributed by atoms with Crippen molar-refractivity contribution in [3.8, 4) is 0 Å². The Morgan fingerprint density at radius 2 is 1.71 bits per heavy atom. The van der Waals surface area contributed by atoms with E-state index in [9.17, 15) is 9.59 Å². The van der Waals surface area contributed by atoms with Crippen LogP contribution in [0.25, 0.3) is 0 Å². The minimum atomic E-state index is -0.544. The van der Waals surface area contributed by atoms with Gasteiger partial charge in [-0.3, -0.25) is 9.78 Å². The van der Waals surface area contributed by atoms with E-state index >= 15 is 0 Å². The van der Waals surface area contributed by atoms with Crippen LogP contribution in [0.3, 0.4) is 0 Å². The zero-order valence-electron chi connectivity index (χ0n) is 16.6. The molecule has 2 heterocycles. The molecule has 0 atom stereocenters. The van der Waals surface area contributed by atoms with Crippen LogP contribution in [0.4, 0.5) is 5.69 Å². The molecule has 1 aliphatic rings. The molecule has 1 saturated heterocycles. The Hall–Kier alpha value is -2.89. The topological polar surface area (TPSA) is 71.5 Å². The minimum absolute atomic E-state index is 0.115. The highest BCUT2D eigenvalue weighted by molar-refractivity contribution is 5.96. The third kappa shape index (κ3) is 5.31. The van der Waals surface area contributed by atoms with E-state index in [1.807, 2.05) is 33.0 Å². The fourth-order valence-electron chi connectivity index (χ4n) is 3.19. The molecule has 6 heteroatoms. The van der Waals surface area contributed by atoms with Gasteiger partial charge in [-0.1, -0.05) is 0 Å². The molecule has 0 aliphatic carbocycles. The molecule has 0 spiro atoms. The molecule has 1 aliphatic heterocycles. The number of rotatable bonds is 4. The number of piperidine rings is 1. The molecule has 0 saturated carbocycles. The molecule has 3 rings (SSSR count). The fraction of sp³-hybridized carbons (Fsp3) is 0.409. The number of pyridine rings is 1. The standard InChI is InChI=1S/C22H27N3O3/c1-22(2,3)28-21(27)17-8-6-16(7-9-17)20(26)24-18-10-13-25(14-11-18)19-5-4-12-23-15-19/h4-9,12,15,18H,10-11,13-14H2,1-3H3,(H,24,26). The molecule has 1 fully saturated rings. The Bertz CT molecular complexity index is 805. The maximum Gasteiger partial charge on any atom is 0.338 e. The van der Waals surface area contributed by atoms with E-state index in [0.717, 1.165) is 31.6 Å². The lowest BCUT2D eigenvalue weighted by Crippen LogP contribution is -2.44. The summed E-state index contributed by atoms with van der Waals surface area (Å²) in [6, 6.07) is 10.7. The second-order valence-corrected chi connectivity index (χ2v) is 8.03. The lowest BCUT2D eigenvalue weighted by molar-refractivity contribution is 0.00693. The highest BCUT2D eigenvalue weighted by Gasteiger charge is 2.22. The van der Waals surface area contributed by atoms with Gasteiger partial charge in [0.2, 0.25) is 0 Å². The Kier molecular flexibility index (Phi) is 5.97. The van der Waals surface area contributed by atoms with Crippen LogP contribution in [0.5, 0.6) is 0 Å². The summed E-state index contributed by atoms with van der Waals surface area (Å²) in [5, 5.41) is 3.10. The number of aromatic nitrogens is 1. The van der Waals surface area contributed by atoms with Crippen molar-refractivity contribution in [2.24, 2.45) is 0 Å². The average molecular weight is 381 g/mol. The molecular formula is C22H27N3O3. The van der Waals surface area contributed by atoms with Gasteiger partial charge in [-0.15, -0.1) is 0 Å². The predicted octanol–water partition coefficient (Wildman–Crippen LogP) is 3.44. The molecule has 6 nitrogen and oxygen atoms in total. The molecule has 0 radical (unpaired) electrons. The van der Waals surface area contributed by atoms with E-state index in [0.29, 0.717) is 11.1 Å². The average Bonchev–Trinajstić information content (AvgIpc) is 2.68. The lowest BCUT2D eigenvalue weighted by Gasteiger charge is -2.33. The molecule has 1 amide bonds. The zero-order chi connectivity index (χ0) is 20.1. The van der Waals surface area contributed by atoms with E-state index in [1.165, 1.54) is 0 Å². The third-order valence-corrected chi connectivity index (χ3v) is 4.62. The van der Waals surface area contributed by atoms with Crippen molar-refractivity contribution in [3.05, 3.63) is 59.9 Å². The molecule has 2 aromatic rings. The minimum Gasteiger partial charge on any atom is -0.456 e. The number of carbonyl (C=O) groups excluding carboxylic acids is 2. The first-order valence-electron chi connectivity index (χ1n) is 9.61. The van der Waals surface area contributed by atoms with Crippen LogP contribution in [0, 0.1) is 0 Å². The molecule has 0 unspecified atom stereocenters. The number of nitrogens with one attached hydrogen (secondary N) is 1. The van der Waals surface area contributed by atoms with Gasteiger partial charge in [0.15, 0.2) is 0 Å². The Balaban J connectivity index is 1.52. The molecule has 1 aromatic heterocycles. The van der Waals surface area contributed by atoms with E-state index in [2.05, 4.69) is 21.3 Å². The van der Waals surface area contributed by atoms with Crippen LogP contribution in [0.15, 0.2) is 48.8 Å². The van der Waals surface area contributed by atoms with Gasteiger partial charge in [0.05, 0.1) is 17.4 Å². The summed E-state index contributed by atoms with van der Waals surface area (Å²) in [7, 11) is 0. The SMILES string of the molecule is CC(C)(C)OC(=O)c1ccc(C(=O)NC2CCN(c3cccnc3)CC2)cc1. The van der Waals surface area contributed by atoms with Crippen LogP contribution in [-0.4, -0.2) is 41.6 Å². The number of hydrogen-bond acceptors (Lipinski definition) is 5. The van der Waals surface area contributed by atoms with E-state index in [-0.39, 0.29) is 17.9 Å². The first kappa shape index (κ1) is 19.9. The number of esters is 1. The molecular weight excluding hydrogens is 354 g/mol. The van der Waals surface area contributed by atoms with Crippen molar-refractivity contribution in [2.75, 3.05) is 18.0 Å². The molecule has 28 heavy (non-hydrogen) atoms. The Morgan fingerprint density at radius 3 is 2.29 bits per heavy atom. The molecule has 0 bridgehead atoms. The van der Waals surface area contributed by atoms with Gasteiger partial charge >= 0.3 is 5.97 Å². The summed E-state index contributed by atoms with van der Waals surface area (Å²) in [6.07, 6.45) is 5.41. The first-order chi connectivity index (χ1) is 13.3. The van der Waals surface area contributed by atoms with Crippen molar-refractivity contribution >= 4 is 17.6 Å². The zero-order valence-corrected chi connectivity index (χ0v) is 16.6. The monoisotopic (exact) mass is 381 g/mol. The van der Waals surface area contributed by atoms with Gasteiger partial charge in [0.1, 0.15) is 5.60 Å². The van der Waals surface area contributed by atoms with Gasteiger partial charge < -0.3 is 15.0 Å². The number of anilines is 1. The van der Waals surface area contributed by atoms with E-state index in [1.54, 1.807) is 30.5 Å². The van der Waals surface area contributed by atoms with Crippen LogP contribution < -0.4 is 10.2 Å². The number of benzene rings is 1. The van der Waals surface area contributed by atoms with E-state index in [4.69, 9.17) is 4.74 Å². The first-order valence-corrected chi connectivity index (χ1v) is 9.61. The number of amides is 1. The largest absolute Gasteiger partial charge is 0.456 e. The van der Waals surface area contributed by atoms with Crippen molar-refractivity contribution in [1.82, 2.24) is 10.3 Å². The number of ether oxygens (including phenoxy) is 1. The van der Waals surface area contributed by atoms with Crippen molar-refractivity contribution < 1.29 is 14.3 Å². The maximum absolute atomic E-state index is 12.5. The van der Waals surface area contributed by atoms with Crippen LogP contribution in [-0.2, 0) is 4.74 Å². The van der Waals surface area contributed by atoms with Crippen molar-refractivity contribution in [1.29, 1.82) is 0 Å². The van der Waals surface area contributed by atoms with Gasteiger partial charge in [0, 0.05) is 30.9 Å². The second-order valence-electron chi connectivity index (χ2n) is 8.03. The fourth-order valence-corrected chi connectivity index (χ4v) is 3.19. The number of nitrogens with zero attached hydrogens (tertiary/aromatic N) is 2. The van der Waals surface area contributed by atoms with Gasteiger partial charge in [-0.25, -0.2) is 4.79 Å². The maximum atomic E-state index is 12.5. The number of carbonyl (C=O) groups is 2. The van der Waals surface area contributed by atoms with E-state index < -0.39 is 5.60 Å². The molecule has 1 N–H and O–H groups in total. The third-order valence-electron chi connectivity index (χ3n) is 4.62. The van der Waals surface area contributed by atoms with Crippen LogP contribution in [0.2, 0.25) is 0 Å². The second kappa shape index (κ2) is 8.42. The quantitative estimate of drug-likeness (QED) is 0.822. The predicted molar refractivity (Wildman–Crippen MR) is 109 cm³/mol. The summed E-state index contributed by atoms with van der Waals surface area (Å²) in [6.45, 7) is 7.24. The highest BCUT2D eigenvalue weighted by Crippen LogP contribution is 2.19. The van der Waals surface area contributed by atoms with Crippen molar-refractivity contribution in [3.63, 3.8) is 0 Å². The number of hydrogen-bond donors (Lipinski definition) is 1.